The van der Waals surface area contributed by atoms with Crippen molar-refractivity contribution in [1.82, 2.24) is 5.32 Å². The number of amides is 1. The van der Waals surface area contributed by atoms with Crippen LogP contribution in [0.1, 0.15) is 44.2 Å². The van der Waals surface area contributed by atoms with Gasteiger partial charge in [-0.15, -0.1) is 0 Å². The Morgan fingerprint density at radius 1 is 1.33 bits per heavy atom. The molecule has 1 aromatic rings. The average molecular weight is 343 g/mol. The van der Waals surface area contributed by atoms with E-state index < -0.39 is 11.7 Å². The van der Waals surface area contributed by atoms with Crippen LogP contribution in [0.3, 0.4) is 0 Å². The van der Waals surface area contributed by atoms with Crippen LogP contribution in [-0.2, 0) is 22.1 Å². The predicted molar refractivity (Wildman–Crippen MR) is 85.5 cm³/mol. The highest BCUT2D eigenvalue weighted by atomic mass is 19.4. The SMILES string of the molecule is CC[C@H](Cc1ccc(C(F)(F)F)cc1)C(=O)N[C@@H]1CCO[C@@H](C)C1. The summed E-state index contributed by atoms with van der Waals surface area (Å²) in [6.45, 7) is 4.54. The molecule has 1 N–H and O–H groups in total. The third kappa shape index (κ3) is 5.23. The molecule has 1 heterocycles. The molecule has 3 atom stereocenters. The number of carbonyl (C=O) groups excluding carboxylic acids is 1. The van der Waals surface area contributed by atoms with Gasteiger partial charge in [-0.2, -0.15) is 13.2 Å². The lowest BCUT2D eigenvalue weighted by Gasteiger charge is -2.29. The molecule has 0 unspecified atom stereocenters. The first kappa shape index (κ1) is 18.8. The number of nitrogens with one attached hydrogen (secondary N) is 1. The van der Waals surface area contributed by atoms with Crippen molar-refractivity contribution in [2.75, 3.05) is 6.61 Å². The zero-order chi connectivity index (χ0) is 17.7. The first-order valence-electron chi connectivity index (χ1n) is 8.37. The smallest absolute Gasteiger partial charge is 0.378 e. The summed E-state index contributed by atoms with van der Waals surface area (Å²) in [7, 11) is 0. The highest BCUT2D eigenvalue weighted by molar-refractivity contribution is 5.79. The maximum Gasteiger partial charge on any atom is 0.416 e. The molecule has 1 aliphatic rings. The van der Waals surface area contributed by atoms with Gasteiger partial charge in [0.05, 0.1) is 11.7 Å². The number of rotatable bonds is 5. The van der Waals surface area contributed by atoms with Crippen LogP contribution in [0.4, 0.5) is 13.2 Å². The van der Waals surface area contributed by atoms with Crippen molar-refractivity contribution in [1.29, 1.82) is 0 Å². The van der Waals surface area contributed by atoms with Crippen molar-refractivity contribution in [2.24, 2.45) is 5.92 Å². The number of halogens is 3. The summed E-state index contributed by atoms with van der Waals surface area (Å²) in [5.74, 6) is -0.267. The molecule has 1 aliphatic heterocycles. The van der Waals surface area contributed by atoms with Crippen molar-refractivity contribution < 1.29 is 22.7 Å². The minimum atomic E-state index is -4.33. The van der Waals surface area contributed by atoms with Crippen molar-refractivity contribution in [3.8, 4) is 0 Å². The van der Waals surface area contributed by atoms with E-state index >= 15 is 0 Å². The molecule has 1 aromatic carbocycles. The maximum absolute atomic E-state index is 12.6. The van der Waals surface area contributed by atoms with Crippen molar-refractivity contribution in [3.05, 3.63) is 35.4 Å². The van der Waals surface area contributed by atoms with E-state index in [-0.39, 0.29) is 24.0 Å². The highest BCUT2D eigenvalue weighted by Crippen LogP contribution is 2.29. The van der Waals surface area contributed by atoms with Crippen molar-refractivity contribution in [3.63, 3.8) is 0 Å². The van der Waals surface area contributed by atoms with Gasteiger partial charge in [0.1, 0.15) is 0 Å². The molecule has 0 radical (unpaired) electrons. The molecule has 0 saturated carbocycles. The molecule has 0 aliphatic carbocycles. The Bertz CT molecular complexity index is 542. The highest BCUT2D eigenvalue weighted by Gasteiger charge is 2.30. The monoisotopic (exact) mass is 343 g/mol. The third-order valence-electron chi connectivity index (χ3n) is 4.46. The Balaban J connectivity index is 1.94. The number of benzene rings is 1. The zero-order valence-corrected chi connectivity index (χ0v) is 14.0. The van der Waals surface area contributed by atoms with E-state index in [0.29, 0.717) is 19.4 Å². The van der Waals surface area contributed by atoms with Crippen molar-refractivity contribution in [2.45, 2.75) is 57.9 Å². The quantitative estimate of drug-likeness (QED) is 0.879. The molecule has 0 spiro atoms. The van der Waals surface area contributed by atoms with E-state index in [4.69, 9.17) is 4.74 Å². The Hall–Kier alpha value is -1.56. The van der Waals surface area contributed by atoms with Gasteiger partial charge in [-0.3, -0.25) is 4.79 Å². The Labute approximate surface area is 140 Å². The number of carbonyl (C=O) groups is 1. The molecule has 0 bridgehead atoms. The fraction of sp³-hybridized carbons (Fsp3) is 0.611. The Morgan fingerprint density at radius 2 is 2.00 bits per heavy atom. The van der Waals surface area contributed by atoms with Crippen LogP contribution in [0.2, 0.25) is 0 Å². The van der Waals surface area contributed by atoms with E-state index in [0.717, 1.165) is 30.5 Å². The van der Waals surface area contributed by atoms with Crippen LogP contribution in [0, 0.1) is 5.92 Å². The molecule has 3 nitrogen and oxygen atoms in total. The Kier molecular flexibility index (Phi) is 6.27. The second kappa shape index (κ2) is 8.01. The summed E-state index contributed by atoms with van der Waals surface area (Å²) >= 11 is 0. The molecular weight excluding hydrogens is 319 g/mol. The molecule has 6 heteroatoms. The molecule has 24 heavy (non-hydrogen) atoms. The maximum atomic E-state index is 12.6. The summed E-state index contributed by atoms with van der Waals surface area (Å²) in [6, 6.07) is 5.16. The molecule has 0 aromatic heterocycles. The first-order valence-corrected chi connectivity index (χ1v) is 8.37. The number of ether oxygens (including phenoxy) is 1. The van der Waals surface area contributed by atoms with Crippen molar-refractivity contribution >= 4 is 5.91 Å². The van der Waals surface area contributed by atoms with Gasteiger partial charge in [0, 0.05) is 18.6 Å². The van der Waals surface area contributed by atoms with E-state index in [2.05, 4.69) is 5.32 Å². The Morgan fingerprint density at radius 3 is 2.54 bits per heavy atom. The van der Waals surface area contributed by atoms with Crippen LogP contribution in [0.25, 0.3) is 0 Å². The van der Waals surface area contributed by atoms with Crippen LogP contribution in [-0.4, -0.2) is 24.7 Å². The van der Waals surface area contributed by atoms with E-state index in [9.17, 15) is 18.0 Å². The standard InChI is InChI=1S/C18H24F3NO2/c1-3-14(17(23)22-16-8-9-24-12(2)10-16)11-13-4-6-15(7-5-13)18(19,20)21/h4-7,12,14,16H,3,8-11H2,1-2H3,(H,22,23)/t12-,14+,16+/m0/s1. The summed E-state index contributed by atoms with van der Waals surface area (Å²) < 4.78 is 43.3. The summed E-state index contributed by atoms with van der Waals surface area (Å²) in [5.41, 5.74) is 0.0743. The van der Waals surface area contributed by atoms with E-state index in [1.807, 2.05) is 13.8 Å². The number of hydrogen-bond acceptors (Lipinski definition) is 2. The third-order valence-corrected chi connectivity index (χ3v) is 4.46. The minimum absolute atomic E-state index is 0.0310. The van der Waals surface area contributed by atoms with Gasteiger partial charge < -0.3 is 10.1 Å². The number of hydrogen-bond donors (Lipinski definition) is 1. The molecule has 134 valence electrons. The predicted octanol–water partition coefficient (Wildman–Crippen LogP) is 3.96. The van der Waals surface area contributed by atoms with Gasteiger partial charge in [0.15, 0.2) is 0 Å². The van der Waals surface area contributed by atoms with E-state index in [1.54, 1.807) is 0 Å². The zero-order valence-electron chi connectivity index (χ0n) is 14.0. The second-order valence-electron chi connectivity index (χ2n) is 6.42. The first-order chi connectivity index (χ1) is 11.3. The normalized spacial score (nSPS) is 22.9. The topological polar surface area (TPSA) is 38.3 Å². The van der Waals surface area contributed by atoms with Crippen LogP contribution in [0.15, 0.2) is 24.3 Å². The molecule has 1 fully saturated rings. The van der Waals surface area contributed by atoms with Crippen LogP contribution >= 0.6 is 0 Å². The lowest BCUT2D eigenvalue weighted by Crippen LogP contribution is -2.44. The molecule has 1 saturated heterocycles. The fourth-order valence-corrected chi connectivity index (χ4v) is 2.98. The van der Waals surface area contributed by atoms with Gasteiger partial charge in [-0.1, -0.05) is 19.1 Å². The van der Waals surface area contributed by atoms with Crippen LogP contribution < -0.4 is 5.32 Å². The van der Waals surface area contributed by atoms with E-state index in [1.165, 1.54) is 12.1 Å². The number of alkyl halides is 3. The van der Waals surface area contributed by atoms with Gasteiger partial charge in [-0.25, -0.2) is 0 Å². The second-order valence-corrected chi connectivity index (χ2v) is 6.42. The summed E-state index contributed by atoms with van der Waals surface area (Å²) in [4.78, 5) is 12.4. The summed E-state index contributed by atoms with van der Waals surface area (Å²) in [6.07, 6.45) is -1.51. The minimum Gasteiger partial charge on any atom is -0.378 e. The van der Waals surface area contributed by atoms with Gasteiger partial charge >= 0.3 is 6.18 Å². The van der Waals surface area contributed by atoms with Gasteiger partial charge in [-0.05, 0) is 50.3 Å². The molecule has 1 amide bonds. The lowest BCUT2D eigenvalue weighted by atomic mass is 9.94. The molecule has 2 rings (SSSR count). The lowest BCUT2D eigenvalue weighted by molar-refractivity contribution is -0.137. The molecular formula is C18H24F3NO2. The average Bonchev–Trinajstić information content (AvgIpc) is 2.52. The van der Waals surface area contributed by atoms with Gasteiger partial charge in [0.2, 0.25) is 5.91 Å². The van der Waals surface area contributed by atoms with Gasteiger partial charge in [0.25, 0.3) is 0 Å². The summed E-state index contributed by atoms with van der Waals surface area (Å²) in [5, 5.41) is 3.06. The van der Waals surface area contributed by atoms with Crippen LogP contribution in [0.5, 0.6) is 0 Å². The fourth-order valence-electron chi connectivity index (χ4n) is 2.98. The largest absolute Gasteiger partial charge is 0.416 e.